The molecular weight excluding hydrogens is 287 g/mol. The zero-order valence-corrected chi connectivity index (χ0v) is 12.1. The molecule has 2 rings (SSSR count). The van der Waals surface area contributed by atoms with Crippen molar-refractivity contribution in [2.75, 3.05) is 0 Å². The van der Waals surface area contributed by atoms with Crippen LogP contribution >= 0.6 is 11.8 Å². The summed E-state index contributed by atoms with van der Waals surface area (Å²) in [7, 11) is 0. The summed E-state index contributed by atoms with van der Waals surface area (Å²) in [4.78, 5) is 10.6. The van der Waals surface area contributed by atoms with Crippen molar-refractivity contribution in [1.29, 1.82) is 0 Å². The van der Waals surface area contributed by atoms with E-state index in [1.165, 1.54) is 23.8 Å². The van der Waals surface area contributed by atoms with Crippen molar-refractivity contribution < 1.29 is 14.3 Å². The van der Waals surface area contributed by atoms with Gasteiger partial charge in [-0.1, -0.05) is 36.4 Å². The fourth-order valence-corrected chi connectivity index (χ4v) is 2.88. The van der Waals surface area contributed by atoms with E-state index in [0.29, 0.717) is 11.3 Å². The average molecular weight is 302 g/mol. The number of hydrogen-bond donors (Lipinski definition) is 1. The summed E-state index contributed by atoms with van der Waals surface area (Å²) in [6.07, 6.45) is 2.46. The number of halogens is 1. The molecule has 108 valence electrons. The van der Waals surface area contributed by atoms with Gasteiger partial charge in [0.1, 0.15) is 5.82 Å². The van der Waals surface area contributed by atoms with Gasteiger partial charge in [-0.3, -0.25) is 0 Å². The molecule has 0 atom stereocenters. The highest BCUT2D eigenvalue weighted by Gasteiger charge is 2.03. The summed E-state index contributed by atoms with van der Waals surface area (Å²) in [5, 5.41) is 8.67. The van der Waals surface area contributed by atoms with E-state index >= 15 is 0 Å². The van der Waals surface area contributed by atoms with E-state index in [1.807, 2.05) is 18.2 Å². The molecule has 1 N–H and O–H groups in total. The lowest BCUT2D eigenvalue weighted by molar-refractivity contribution is -0.131. The first-order valence-electron chi connectivity index (χ1n) is 6.46. The Morgan fingerprint density at radius 3 is 2.62 bits per heavy atom. The molecule has 21 heavy (non-hydrogen) atoms. The number of carboxylic acid groups (broad SMARTS) is 1. The molecule has 0 spiro atoms. The summed E-state index contributed by atoms with van der Waals surface area (Å²) in [6, 6.07) is 14.5. The monoisotopic (exact) mass is 302 g/mol. The summed E-state index contributed by atoms with van der Waals surface area (Å²) < 4.78 is 13.3. The van der Waals surface area contributed by atoms with Gasteiger partial charge >= 0.3 is 5.97 Å². The van der Waals surface area contributed by atoms with Crippen LogP contribution in [0.5, 0.6) is 0 Å². The number of hydrogen-bond acceptors (Lipinski definition) is 2. The van der Waals surface area contributed by atoms with E-state index in [1.54, 1.807) is 17.8 Å². The van der Waals surface area contributed by atoms with Crippen LogP contribution in [0.25, 0.3) is 6.08 Å². The van der Waals surface area contributed by atoms with Gasteiger partial charge in [0.25, 0.3) is 0 Å². The van der Waals surface area contributed by atoms with Crippen LogP contribution in [-0.4, -0.2) is 11.1 Å². The Bertz CT molecular complexity index is 638. The number of rotatable bonds is 6. The highest BCUT2D eigenvalue weighted by atomic mass is 32.2. The standard InChI is InChI=1S/C17H15FO2S/c18-16-8-6-15(14(10-16)7-9-17(19)20)12-21-11-13-4-2-1-3-5-13/h1-10H,11-12H2,(H,19,20). The molecule has 2 aromatic rings. The van der Waals surface area contributed by atoms with Crippen LogP contribution in [-0.2, 0) is 16.3 Å². The van der Waals surface area contributed by atoms with Crippen molar-refractivity contribution in [3.63, 3.8) is 0 Å². The number of aliphatic carboxylic acids is 1. The van der Waals surface area contributed by atoms with Gasteiger partial charge in [-0.2, -0.15) is 11.8 Å². The van der Waals surface area contributed by atoms with Gasteiger partial charge in [0.15, 0.2) is 0 Å². The van der Waals surface area contributed by atoms with Crippen molar-refractivity contribution in [2.24, 2.45) is 0 Å². The van der Waals surface area contributed by atoms with Crippen LogP contribution in [0.15, 0.2) is 54.6 Å². The summed E-state index contributed by atoms with van der Waals surface area (Å²) >= 11 is 1.71. The van der Waals surface area contributed by atoms with E-state index in [0.717, 1.165) is 17.4 Å². The lowest BCUT2D eigenvalue weighted by Crippen LogP contribution is -1.91. The van der Waals surface area contributed by atoms with Crippen LogP contribution in [0.4, 0.5) is 4.39 Å². The van der Waals surface area contributed by atoms with Gasteiger partial charge in [0.2, 0.25) is 0 Å². The molecule has 0 saturated heterocycles. The van der Waals surface area contributed by atoms with Gasteiger partial charge in [-0.05, 0) is 34.9 Å². The first kappa shape index (κ1) is 15.3. The molecule has 0 unspecified atom stereocenters. The zero-order chi connectivity index (χ0) is 15.1. The Labute approximate surface area is 127 Å². The third-order valence-corrected chi connectivity index (χ3v) is 3.94. The fraction of sp³-hybridized carbons (Fsp3) is 0.118. The summed E-state index contributed by atoms with van der Waals surface area (Å²) in [5.41, 5.74) is 2.76. The molecule has 0 radical (unpaired) electrons. The van der Waals surface area contributed by atoms with Crippen LogP contribution in [0.3, 0.4) is 0 Å². The lowest BCUT2D eigenvalue weighted by atomic mass is 10.1. The zero-order valence-electron chi connectivity index (χ0n) is 11.3. The second-order valence-corrected chi connectivity index (χ2v) is 5.48. The van der Waals surface area contributed by atoms with E-state index in [2.05, 4.69) is 12.1 Å². The van der Waals surface area contributed by atoms with Crippen LogP contribution < -0.4 is 0 Å². The van der Waals surface area contributed by atoms with Gasteiger partial charge in [0, 0.05) is 17.6 Å². The molecule has 0 saturated carbocycles. The van der Waals surface area contributed by atoms with Crippen LogP contribution in [0.1, 0.15) is 16.7 Å². The van der Waals surface area contributed by atoms with Crippen LogP contribution in [0, 0.1) is 5.82 Å². The molecule has 0 heterocycles. The number of carbonyl (C=O) groups is 1. The Morgan fingerprint density at radius 1 is 1.14 bits per heavy atom. The predicted octanol–water partition coefficient (Wildman–Crippen LogP) is 4.36. The van der Waals surface area contributed by atoms with Crippen LogP contribution in [0.2, 0.25) is 0 Å². The van der Waals surface area contributed by atoms with Crippen molar-refractivity contribution in [1.82, 2.24) is 0 Å². The van der Waals surface area contributed by atoms with E-state index in [4.69, 9.17) is 5.11 Å². The molecule has 0 bridgehead atoms. The van der Waals surface area contributed by atoms with Crippen molar-refractivity contribution in [3.05, 3.63) is 77.1 Å². The third-order valence-electron chi connectivity index (χ3n) is 2.88. The topological polar surface area (TPSA) is 37.3 Å². The Morgan fingerprint density at radius 2 is 1.90 bits per heavy atom. The number of benzene rings is 2. The number of carboxylic acids is 1. The van der Waals surface area contributed by atoms with Crippen molar-refractivity contribution in [3.8, 4) is 0 Å². The minimum atomic E-state index is -1.04. The average Bonchev–Trinajstić information content (AvgIpc) is 2.48. The second-order valence-electron chi connectivity index (χ2n) is 4.49. The molecule has 2 aromatic carbocycles. The summed E-state index contributed by atoms with van der Waals surface area (Å²) in [5.74, 6) is 0.161. The van der Waals surface area contributed by atoms with E-state index in [-0.39, 0.29) is 5.82 Å². The van der Waals surface area contributed by atoms with Gasteiger partial charge in [-0.15, -0.1) is 0 Å². The molecule has 4 heteroatoms. The smallest absolute Gasteiger partial charge is 0.328 e. The van der Waals surface area contributed by atoms with Crippen molar-refractivity contribution in [2.45, 2.75) is 11.5 Å². The highest BCUT2D eigenvalue weighted by Crippen LogP contribution is 2.22. The summed E-state index contributed by atoms with van der Waals surface area (Å²) in [6.45, 7) is 0. The first-order chi connectivity index (χ1) is 10.1. The largest absolute Gasteiger partial charge is 0.478 e. The van der Waals surface area contributed by atoms with E-state index in [9.17, 15) is 9.18 Å². The normalized spacial score (nSPS) is 10.9. The Kier molecular flexibility index (Phi) is 5.58. The maximum Gasteiger partial charge on any atom is 0.328 e. The maximum atomic E-state index is 13.3. The Hall–Kier alpha value is -2.07. The molecule has 0 aliphatic rings. The highest BCUT2D eigenvalue weighted by molar-refractivity contribution is 7.97. The quantitative estimate of drug-likeness (QED) is 0.806. The molecule has 0 aliphatic carbocycles. The Balaban J connectivity index is 2.03. The molecule has 0 fully saturated rings. The number of thioether (sulfide) groups is 1. The molecular formula is C17H15FO2S. The van der Waals surface area contributed by atoms with Gasteiger partial charge in [-0.25, -0.2) is 9.18 Å². The third kappa shape index (κ3) is 5.08. The molecule has 2 nitrogen and oxygen atoms in total. The first-order valence-corrected chi connectivity index (χ1v) is 7.62. The lowest BCUT2D eigenvalue weighted by Gasteiger charge is -2.06. The predicted molar refractivity (Wildman–Crippen MR) is 84.5 cm³/mol. The molecule has 0 aromatic heterocycles. The minimum Gasteiger partial charge on any atom is -0.478 e. The minimum absolute atomic E-state index is 0.364. The second kappa shape index (κ2) is 7.64. The van der Waals surface area contributed by atoms with Gasteiger partial charge in [0.05, 0.1) is 0 Å². The SMILES string of the molecule is O=C(O)C=Cc1cc(F)ccc1CSCc1ccccc1. The molecule has 0 aliphatic heterocycles. The van der Waals surface area contributed by atoms with Gasteiger partial charge < -0.3 is 5.11 Å². The maximum absolute atomic E-state index is 13.3. The molecule has 0 amide bonds. The fourth-order valence-electron chi connectivity index (χ4n) is 1.87. The van der Waals surface area contributed by atoms with E-state index < -0.39 is 5.97 Å². The van der Waals surface area contributed by atoms with Crippen molar-refractivity contribution >= 4 is 23.8 Å².